The van der Waals surface area contributed by atoms with Gasteiger partial charge in [-0.3, -0.25) is 0 Å². The van der Waals surface area contributed by atoms with Crippen LogP contribution in [0.25, 0.3) is 94.8 Å². The summed E-state index contributed by atoms with van der Waals surface area (Å²) in [7, 11) is 0. The van der Waals surface area contributed by atoms with Crippen molar-refractivity contribution in [2.24, 2.45) is 0 Å². The number of rotatable bonds is 7. The van der Waals surface area contributed by atoms with Crippen molar-refractivity contribution in [3.63, 3.8) is 0 Å². The van der Waals surface area contributed by atoms with Crippen LogP contribution in [0.1, 0.15) is 22.3 Å². The number of aryl methyl sites for hydroxylation is 2. The highest BCUT2D eigenvalue weighted by Gasteiger charge is 2.32. The average molecular weight is 866 g/mol. The molecule has 318 valence electrons. The van der Waals surface area contributed by atoms with E-state index in [9.17, 15) is 26.3 Å². The summed E-state index contributed by atoms with van der Waals surface area (Å²) in [5.74, 6) is 0.445. The van der Waals surface area contributed by atoms with Gasteiger partial charge in [-0.25, -0.2) is 9.97 Å². The number of para-hydroxylation sites is 1. The highest BCUT2D eigenvalue weighted by molar-refractivity contribution is 6.12. The van der Waals surface area contributed by atoms with Gasteiger partial charge in [0.05, 0.1) is 39.2 Å². The van der Waals surface area contributed by atoms with Gasteiger partial charge in [0.1, 0.15) is 0 Å². The van der Waals surface area contributed by atoms with E-state index in [0.29, 0.717) is 50.7 Å². The Bertz CT molecular complexity index is 3250. The van der Waals surface area contributed by atoms with Crippen molar-refractivity contribution in [2.75, 3.05) is 0 Å². The molecule has 0 spiro atoms. The molecule has 0 atom stereocenters. The fourth-order valence-corrected chi connectivity index (χ4v) is 8.73. The Morgan fingerprint density at radius 1 is 0.385 bits per heavy atom. The summed E-state index contributed by atoms with van der Waals surface area (Å²) >= 11 is 0. The van der Waals surface area contributed by atoms with Crippen molar-refractivity contribution in [1.29, 1.82) is 0 Å². The molecule has 2 heterocycles. The second kappa shape index (κ2) is 16.1. The quantitative estimate of drug-likeness (QED) is 0.149. The number of hydrogen-bond donors (Lipinski definition) is 0. The number of halogens is 6. The molecule has 65 heavy (non-hydrogen) atoms. The molecular formula is C56H37F6N3. The molecule has 0 aliphatic heterocycles. The normalized spacial score (nSPS) is 12.0. The summed E-state index contributed by atoms with van der Waals surface area (Å²) in [5, 5.41) is 1.85. The van der Waals surface area contributed by atoms with Crippen molar-refractivity contribution in [2.45, 2.75) is 26.2 Å². The van der Waals surface area contributed by atoms with Crippen LogP contribution in [0.2, 0.25) is 0 Å². The minimum Gasteiger partial charge on any atom is -0.308 e. The summed E-state index contributed by atoms with van der Waals surface area (Å²) in [6.07, 6.45) is -9.17. The predicted molar refractivity (Wildman–Crippen MR) is 248 cm³/mol. The second-order valence-corrected chi connectivity index (χ2v) is 16.2. The minimum absolute atomic E-state index is 0.445. The Hall–Kier alpha value is -7.78. The lowest BCUT2D eigenvalue weighted by atomic mass is 9.90. The highest BCUT2D eigenvalue weighted by atomic mass is 19.4. The van der Waals surface area contributed by atoms with Crippen LogP contribution in [-0.2, 0) is 12.4 Å². The van der Waals surface area contributed by atoms with E-state index < -0.39 is 23.5 Å². The first-order chi connectivity index (χ1) is 31.3. The lowest BCUT2D eigenvalue weighted by Crippen LogP contribution is -2.06. The number of hydrogen-bond acceptors (Lipinski definition) is 2. The van der Waals surface area contributed by atoms with E-state index in [1.165, 1.54) is 24.3 Å². The van der Waals surface area contributed by atoms with Gasteiger partial charge in [0.2, 0.25) is 0 Å². The van der Waals surface area contributed by atoms with Crippen molar-refractivity contribution in [1.82, 2.24) is 14.5 Å². The zero-order valence-electron chi connectivity index (χ0n) is 35.0. The third kappa shape index (κ3) is 7.84. The van der Waals surface area contributed by atoms with Crippen LogP contribution < -0.4 is 0 Å². The summed E-state index contributed by atoms with van der Waals surface area (Å²) in [4.78, 5) is 10.1. The van der Waals surface area contributed by atoms with Crippen molar-refractivity contribution in [3.8, 4) is 73.0 Å². The maximum atomic E-state index is 14.1. The molecule has 0 saturated heterocycles. The van der Waals surface area contributed by atoms with Gasteiger partial charge in [-0.1, -0.05) is 133 Å². The fourth-order valence-electron chi connectivity index (χ4n) is 8.73. The van der Waals surface area contributed by atoms with Gasteiger partial charge in [0.25, 0.3) is 0 Å². The second-order valence-electron chi connectivity index (χ2n) is 16.2. The van der Waals surface area contributed by atoms with Crippen molar-refractivity contribution in [3.05, 3.63) is 210 Å². The smallest absolute Gasteiger partial charge is 0.308 e. The van der Waals surface area contributed by atoms with Crippen LogP contribution in [0.3, 0.4) is 0 Å². The number of aromatic nitrogens is 3. The van der Waals surface area contributed by atoms with E-state index in [2.05, 4.69) is 48.7 Å². The summed E-state index contributed by atoms with van der Waals surface area (Å²) in [5.41, 5.74) is 10.2. The van der Waals surface area contributed by atoms with Crippen molar-refractivity contribution >= 4 is 21.8 Å². The zero-order chi connectivity index (χ0) is 45.0. The van der Waals surface area contributed by atoms with Gasteiger partial charge in [-0.05, 0) is 102 Å². The maximum Gasteiger partial charge on any atom is 0.416 e. The van der Waals surface area contributed by atoms with Crippen LogP contribution in [0.15, 0.2) is 188 Å². The van der Waals surface area contributed by atoms with Gasteiger partial charge >= 0.3 is 12.4 Å². The summed E-state index contributed by atoms with van der Waals surface area (Å²) in [6, 6.07) is 55.2. The molecule has 8 aromatic carbocycles. The lowest BCUT2D eigenvalue weighted by Gasteiger charge is -2.22. The maximum absolute atomic E-state index is 14.1. The molecule has 0 radical (unpaired) electrons. The van der Waals surface area contributed by atoms with E-state index in [-0.39, 0.29) is 0 Å². The standard InChI is InChI=1S/C56H37F6N3/c1-34-17-27-44(35(2)29-34)40-22-28-52-48(30-40)45-15-9-10-16-51(45)65(52)53-46(36-18-23-42(24-19-36)55(57,58)59)31-41(32-47(53)37-20-25-43(26-21-37)56(60,61)62)50-33-49(38-11-5-3-6-12-38)63-54(64-50)39-13-7-4-8-14-39/h3-33H,1-2H3. The van der Waals surface area contributed by atoms with Crippen LogP contribution in [-0.4, -0.2) is 14.5 Å². The average Bonchev–Trinajstić information content (AvgIpc) is 3.64. The fraction of sp³-hybridized carbons (Fsp3) is 0.0714. The SMILES string of the molecule is Cc1ccc(-c2ccc3c(c2)c2ccccc2n3-c2c(-c3ccc(C(F)(F)F)cc3)cc(-c3cc(-c4ccccc4)nc(-c4ccccc4)n3)cc2-c2ccc(C(F)(F)F)cc2)c(C)c1. The first-order valence-corrected chi connectivity index (χ1v) is 20.9. The molecule has 0 unspecified atom stereocenters. The van der Waals surface area contributed by atoms with E-state index in [0.717, 1.165) is 79.5 Å². The Balaban J connectivity index is 1.32. The Labute approximate surface area is 371 Å². The molecule has 0 aliphatic carbocycles. The molecule has 0 N–H and O–H groups in total. The van der Waals surface area contributed by atoms with E-state index in [4.69, 9.17) is 9.97 Å². The van der Waals surface area contributed by atoms with Crippen LogP contribution in [0.4, 0.5) is 26.3 Å². The molecule has 10 aromatic rings. The van der Waals surface area contributed by atoms with Gasteiger partial charge in [-0.2, -0.15) is 26.3 Å². The Morgan fingerprint density at radius 3 is 1.46 bits per heavy atom. The topological polar surface area (TPSA) is 30.7 Å². The molecule has 3 nitrogen and oxygen atoms in total. The van der Waals surface area contributed by atoms with E-state index in [1.54, 1.807) is 0 Å². The predicted octanol–water partition coefficient (Wildman–Crippen LogP) is 16.2. The van der Waals surface area contributed by atoms with Gasteiger partial charge in [-0.15, -0.1) is 0 Å². The van der Waals surface area contributed by atoms with E-state index >= 15 is 0 Å². The van der Waals surface area contributed by atoms with Crippen LogP contribution in [0, 0.1) is 13.8 Å². The number of fused-ring (bicyclic) bond motifs is 3. The molecule has 0 amide bonds. The number of nitrogens with zero attached hydrogens (tertiary/aromatic N) is 3. The van der Waals surface area contributed by atoms with E-state index in [1.807, 2.05) is 109 Å². The lowest BCUT2D eigenvalue weighted by molar-refractivity contribution is -0.138. The summed E-state index contributed by atoms with van der Waals surface area (Å²) < 4.78 is 86.8. The number of alkyl halides is 6. The van der Waals surface area contributed by atoms with Crippen LogP contribution >= 0.6 is 0 Å². The zero-order valence-corrected chi connectivity index (χ0v) is 35.0. The van der Waals surface area contributed by atoms with Gasteiger partial charge in [0.15, 0.2) is 5.82 Å². The minimum atomic E-state index is -4.59. The molecule has 10 rings (SSSR count). The monoisotopic (exact) mass is 865 g/mol. The highest BCUT2D eigenvalue weighted by Crippen LogP contribution is 2.46. The molecule has 0 bridgehead atoms. The molecule has 2 aromatic heterocycles. The van der Waals surface area contributed by atoms with Gasteiger partial charge in [0, 0.05) is 38.6 Å². The van der Waals surface area contributed by atoms with Crippen molar-refractivity contribution < 1.29 is 26.3 Å². The molecule has 9 heteroatoms. The third-order valence-electron chi connectivity index (χ3n) is 11.9. The molecule has 0 aliphatic rings. The van der Waals surface area contributed by atoms with Gasteiger partial charge < -0.3 is 4.57 Å². The third-order valence-corrected chi connectivity index (χ3v) is 11.9. The molecular weight excluding hydrogens is 829 g/mol. The Kier molecular flexibility index (Phi) is 10.2. The summed E-state index contributed by atoms with van der Waals surface area (Å²) in [6.45, 7) is 4.13. The first kappa shape index (κ1) is 41.2. The molecule has 0 saturated carbocycles. The molecule has 0 fully saturated rings. The van der Waals surface area contributed by atoms with Crippen LogP contribution in [0.5, 0.6) is 0 Å². The largest absolute Gasteiger partial charge is 0.416 e. The first-order valence-electron chi connectivity index (χ1n) is 20.9. The Morgan fingerprint density at radius 2 is 0.892 bits per heavy atom. The number of benzene rings is 8.